The van der Waals surface area contributed by atoms with E-state index in [9.17, 15) is 15.8 Å². The van der Waals surface area contributed by atoms with E-state index in [0.717, 1.165) is 0 Å². The van der Waals surface area contributed by atoms with E-state index in [1.165, 1.54) is 19.6 Å². The van der Waals surface area contributed by atoms with Crippen LogP contribution in [-0.2, 0) is 9.47 Å². The monoisotopic (exact) mass is 388 g/mol. The Morgan fingerprint density at radius 3 is 2.24 bits per heavy atom. The van der Waals surface area contributed by atoms with E-state index < -0.39 is 34.5 Å². The Morgan fingerprint density at radius 1 is 1.03 bits per heavy atom. The van der Waals surface area contributed by atoms with Crippen molar-refractivity contribution in [3.05, 3.63) is 54.0 Å². The second-order valence-corrected chi connectivity index (χ2v) is 7.16. The fourth-order valence-corrected chi connectivity index (χ4v) is 4.51. The SMILES string of the molecule is COc1ccc(C2C3(C)OC(=N)C2(C#N)C(C#N)(C#N)C(c2ccoc2)O3)cc1. The summed E-state index contributed by atoms with van der Waals surface area (Å²) in [7, 11) is 1.53. The summed E-state index contributed by atoms with van der Waals surface area (Å²) in [5.74, 6) is -2.19. The largest absolute Gasteiger partial charge is 0.497 e. The molecule has 2 saturated heterocycles. The van der Waals surface area contributed by atoms with Crippen molar-refractivity contribution in [3.8, 4) is 24.0 Å². The number of fused-ring (bicyclic) bond motifs is 2. The number of ether oxygens (including phenoxy) is 3. The van der Waals surface area contributed by atoms with Gasteiger partial charge in [-0.1, -0.05) is 12.1 Å². The van der Waals surface area contributed by atoms with Gasteiger partial charge in [-0.3, -0.25) is 5.41 Å². The van der Waals surface area contributed by atoms with E-state index in [2.05, 4.69) is 6.07 Å². The maximum atomic E-state index is 10.3. The number of furan rings is 1. The van der Waals surface area contributed by atoms with Gasteiger partial charge in [0.15, 0.2) is 5.41 Å². The second kappa shape index (κ2) is 6.10. The molecule has 8 nitrogen and oxygen atoms in total. The van der Waals surface area contributed by atoms with E-state index in [0.29, 0.717) is 16.9 Å². The summed E-state index contributed by atoms with van der Waals surface area (Å²) in [5, 5.41) is 39.2. The number of nitrogens with one attached hydrogen (secondary N) is 1. The molecule has 0 radical (unpaired) electrons. The minimum atomic E-state index is -2.04. The van der Waals surface area contributed by atoms with Crippen LogP contribution in [0.1, 0.15) is 30.1 Å². The average Bonchev–Trinajstić information content (AvgIpc) is 3.32. The van der Waals surface area contributed by atoms with Crippen LogP contribution in [0.3, 0.4) is 0 Å². The molecule has 2 bridgehead atoms. The molecule has 2 aliphatic heterocycles. The zero-order valence-corrected chi connectivity index (χ0v) is 15.7. The van der Waals surface area contributed by atoms with E-state index in [-0.39, 0.29) is 0 Å². The first-order valence-electron chi connectivity index (χ1n) is 8.78. The van der Waals surface area contributed by atoms with Gasteiger partial charge in [0.25, 0.3) is 0 Å². The molecule has 8 heteroatoms. The predicted molar refractivity (Wildman–Crippen MR) is 97.2 cm³/mol. The Morgan fingerprint density at radius 2 is 1.72 bits per heavy atom. The van der Waals surface area contributed by atoms with Crippen molar-refractivity contribution in [1.82, 2.24) is 0 Å². The van der Waals surface area contributed by atoms with Gasteiger partial charge in [0.1, 0.15) is 11.9 Å². The Balaban J connectivity index is 2.01. The molecule has 1 N–H and O–H groups in total. The summed E-state index contributed by atoms with van der Waals surface area (Å²) in [6, 6.07) is 14.5. The van der Waals surface area contributed by atoms with Crippen LogP contribution >= 0.6 is 0 Å². The van der Waals surface area contributed by atoms with Crippen molar-refractivity contribution in [2.75, 3.05) is 7.11 Å². The summed E-state index contributed by atoms with van der Waals surface area (Å²) < 4.78 is 22.2. The Kier molecular flexibility index (Phi) is 3.91. The van der Waals surface area contributed by atoms with E-state index in [1.54, 1.807) is 37.3 Å². The van der Waals surface area contributed by atoms with Crippen LogP contribution in [0, 0.1) is 50.2 Å². The number of hydrogen-bond donors (Lipinski definition) is 1. The number of nitriles is 3. The predicted octanol–water partition coefficient (Wildman–Crippen LogP) is 3.41. The molecule has 2 fully saturated rings. The highest BCUT2D eigenvalue weighted by atomic mass is 16.7. The van der Waals surface area contributed by atoms with Gasteiger partial charge < -0.3 is 18.6 Å². The fourth-order valence-electron chi connectivity index (χ4n) is 4.51. The molecule has 0 spiro atoms. The summed E-state index contributed by atoms with van der Waals surface area (Å²) in [4.78, 5) is 0. The van der Waals surface area contributed by atoms with Crippen molar-refractivity contribution < 1.29 is 18.6 Å². The molecule has 1 aromatic heterocycles. The Bertz CT molecular complexity index is 1080. The lowest BCUT2D eigenvalue weighted by molar-refractivity contribution is -0.253. The van der Waals surface area contributed by atoms with Gasteiger partial charge in [-0.05, 0) is 23.8 Å². The second-order valence-electron chi connectivity index (χ2n) is 7.16. The maximum absolute atomic E-state index is 10.3. The summed E-state index contributed by atoms with van der Waals surface area (Å²) in [6.07, 6.45) is 1.61. The van der Waals surface area contributed by atoms with E-state index in [1.807, 2.05) is 12.1 Å². The maximum Gasteiger partial charge on any atom is 0.218 e. The fraction of sp³-hybridized carbons (Fsp3) is 0.333. The third-order valence-electron chi connectivity index (χ3n) is 5.81. The molecule has 1 aromatic carbocycles. The van der Waals surface area contributed by atoms with Gasteiger partial charge >= 0.3 is 0 Å². The Hall–Kier alpha value is -3.80. The quantitative estimate of drug-likeness (QED) is 0.850. The summed E-state index contributed by atoms with van der Waals surface area (Å²) >= 11 is 0. The highest BCUT2D eigenvalue weighted by Crippen LogP contribution is 2.69. The summed E-state index contributed by atoms with van der Waals surface area (Å²) in [5.41, 5.74) is -2.91. The van der Waals surface area contributed by atoms with Crippen LogP contribution in [0.5, 0.6) is 5.75 Å². The topological polar surface area (TPSA) is 136 Å². The van der Waals surface area contributed by atoms with Crippen LogP contribution < -0.4 is 4.74 Å². The molecule has 4 rings (SSSR count). The van der Waals surface area contributed by atoms with Crippen molar-refractivity contribution >= 4 is 5.90 Å². The van der Waals surface area contributed by atoms with Crippen LogP contribution in [0.25, 0.3) is 0 Å². The number of benzene rings is 1. The molecular weight excluding hydrogens is 372 g/mol. The van der Waals surface area contributed by atoms with E-state index >= 15 is 0 Å². The molecule has 4 unspecified atom stereocenters. The van der Waals surface area contributed by atoms with Crippen molar-refractivity contribution in [2.24, 2.45) is 10.8 Å². The highest BCUT2D eigenvalue weighted by Gasteiger charge is 2.79. The zero-order valence-electron chi connectivity index (χ0n) is 15.7. The molecule has 29 heavy (non-hydrogen) atoms. The first kappa shape index (κ1) is 18.6. The Labute approximate surface area is 166 Å². The molecule has 2 aromatic rings. The van der Waals surface area contributed by atoms with Crippen LogP contribution in [0.2, 0.25) is 0 Å². The van der Waals surface area contributed by atoms with Gasteiger partial charge in [-0.25, -0.2) is 0 Å². The summed E-state index contributed by atoms with van der Waals surface area (Å²) in [6.45, 7) is 1.61. The van der Waals surface area contributed by atoms with Crippen molar-refractivity contribution in [3.63, 3.8) is 0 Å². The zero-order chi connectivity index (χ0) is 20.9. The number of hydrogen-bond acceptors (Lipinski definition) is 8. The average molecular weight is 388 g/mol. The highest BCUT2D eigenvalue weighted by molar-refractivity contribution is 5.90. The molecule has 144 valence electrons. The van der Waals surface area contributed by atoms with Gasteiger partial charge in [0.05, 0.1) is 43.8 Å². The molecule has 3 heterocycles. The van der Waals surface area contributed by atoms with Crippen molar-refractivity contribution in [2.45, 2.75) is 24.7 Å². The van der Waals surface area contributed by atoms with Gasteiger partial charge in [0, 0.05) is 12.5 Å². The lowest BCUT2D eigenvalue weighted by Gasteiger charge is -2.48. The lowest BCUT2D eigenvalue weighted by atomic mass is 9.52. The third kappa shape index (κ3) is 2.11. The normalized spacial score (nSPS) is 31.8. The van der Waals surface area contributed by atoms with Crippen LogP contribution in [0.15, 0.2) is 47.3 Å². The lowest BCUT2D eigenvalue weighted by Crippen LogP contribution is -2.57. The van der Waals surface area contributed by atoms with Crippen LogP contribution in [-0.4, -0.2) is 18.8 Å². The minimum Gasteiger partial charge on any atom is -0.497 e. The molecular formula is C21H16N4O4. The molecule has 0 amide bonds. The van der Waals surface area contributed by atoms with Gasteiger partial charge in [0.2, 0.25) is 17.1 Å². The van der Waals surface area contributed by atoms with Gasteiger partial charge in [-0.2, -0.15) is 15.8 Å². The van der Waals surface area contributed by atoms with E-state index in [4.69, 9.17) is 24.0 Å². The molecule has 4 atom stereocenters. The molecule has 2 aliphatic rings. The van der Waals surface area contributed by atoms with Crippen LogP contribution in [0.4, 0.5) is 0 Å². The minimum absolute atomic E-state index is 0.422. The number of rotatable bonds is 3. The van der Waals surface area contributed by atoms with Crippen molar-refractivity contribution in [1.29, 1.82) is 21.2 Å². The first-order valence-corrected chi connectivity index (χ1v) is 8.78. The van der Waals surface area contributed by atoms with Gasteiger partial charge in [-0.15, -0.1) is 0 Å². The third-order valence-corrected chi connectivity index (χ3v) is 5.81. The number of nitrogens with zero attached hydrogens (tertiary/aromatic N) is 3. The smallest absolute Gasteiger partial charge is 0.218 e. The first-order chi connectivity index (χ1) is 13.9. The molecule has 0 aliphatic carbocycles. The molecule has 0 saturated carbocycles. The number of methoxy groups -OCH3 is 1. The standard InChI is InChI=1S/C21H16N4O4/c1-19-16(13-3-5-15(26-2)6-4-13)21(12-24,18(25)29-19)20(10-22,11-23)17(28-19)14-7-8-27-9-14/h3-9,16-17,25H,1-2H3.